The van der Waals surface area contributed by atoms with Crippen LogP contribution in [0.1, 0.15) is 59.3 Å². The summed E-state index contributed by atoms with van der Waals surface area (Å²) in [5.41, 5.74) is 0. The monoisotopic (exact) mass is 283 g/mol. The molecule has 0 aliphatic heterocycles. The zero-order valence-corrected chi connectivity index (χ0v) is 13.1. The zero-order valence-electron chi connectivity index (χ0n) is 13.1. The predicted molar refractivity (Wildman–Crippen MR) is 81.6 cm³/mol. The lowest BCUT2D eigenvalue weighted by atomic mass is 9.95. The fourth-order valence-electron chi connectivity index (χ4n) is 2.31. The Kier molecular flexibility index (Phi) is 10.7. The van der Waals surface area contributed by atoms with Gasteiger partial charge in [0.15, 0.2) is 0 Å². The van der Waals surface area contributed by atoms with Crippen molar-refractivity contribution in [3.8, 4) is 0 Å². The van der Waals surface area contributed by atoms with Gasteiger partial charge in [-0.05, 0) is 40.0 Å². The van der Waals surface area contributed by atoms with E-state index in [-0.39, 0.29) is 18.2 Å². The standard InChI is InChI=1S/C16H29NO3/c1-4-7-8-9-10-11-12-14(13-15(18)19)16(20)17(5-2)6-3/h4,7,14H,5-6,8-13H2,1-3H3,(H,18,19)/b7-4+. The Labute approximate surface area is 122 Å². The number of hydrogen-bond acceptors (Lipinski definition) is 2. The van der Waals surface area contributed by atoms with Gasteiger partial charge >= 0.3 is 5.97 Å². The smallest absolute Gasteiger partial charge is 0.304 e. The van der Waals surface area contributed by atoms with Gasteiger partial charge in [0, 0.05) is 19.0 Å². The maximum atomic E-state index is 12.3. The van der Waals surface area contributed by atoms with E-state index in [1.54, 1.807) is 4.90 Å². The minimum Gasteiger partial charge on any atom is -0.481 e. The number of nitrogens with zero attached hydrogens (tertiary/aromatic N) is 1. The van der Waals surface area contributed by atoms with E-state index >= 15 is 0 Å². The van der Waals surface area contributed by atoms with E-state index in [2.05, 4.69) is 6.08 Å². The molecule has 4 nitrogen and oxygen atoms in total. The fourth-order valence-corrected chi connectivity index (χ4v) is 2.31. The molecule has 0 bridgehead atoms. The molecule has 1 amide bonds. The van der Waals surface area contributed by atoms with Gasteiger partial charge in [-0.25, -0.2) is 0 Å². The third-order valence-corrected chi connectivity index (χ3v) is 3.50. The molecular formula is C16H29NO3. The molecule has 0 aromatic rings. The van der Waals surface area contributed by atoms with Crippen molar-refractivity contribution in [2.45, 2.75) is 59.3 Å². The second-order valence-electron chi connectivity index (χ2n) is 5.01. The maximum Gasteiger partial charge on any atom is 0.304 e. The minimum absolute atomic E-state index is 0.00847. The molecule has 0 aromatic carbocycles. The summed E-state index contributed by atoms with van der Waals surface area (Å²) in [5, 5.41) is 8.95. The van der Waals surface area contributed by atoms with Crippen LogP contribution in [-0.4, -0.2) is 35.0 Å². The number of allylic oxidation sites excluding steroid dienone is 2. The second-order valence-corrected chi connectivity index (χ2v) is 5.01. The van der Waals surface area contributed by atoms with Crippen LogP contribution in [-0.2, 0) is 9.59 Å². The van der Waals surface area contributed by atoms with Crippen LogP contribution in [0.2, 0.25) is 0 Å². The summed E-state index contributed by atoms with van der Waals surface area (Å²) in [6, 6.07) is 0. The number of carboxylic acid groups (broad SMARTS) is 1. The molecule has 116 valence electrons. The number of hydrogen-bond donors (Lipinski definition) is 1. The van der Waals surface area contributed by atoms with Crippen molar-refractivity contribution in [2.75, 3.05) is 13.1 Å². The Balaban J connectivity index is 4.27. The molecule has 0 aliphatic rings. The number of carbonyl (C=O) groups is 2. The van der Waals surface area contributed by atoms with Crippen molar-refractivity contribution in [1.29, 1.82) is 0 Å². The average molecular weight is 283 g/mol. The normalized spacial score (nSPS) is 12.6. The molecule has 4 heteroatoms. The van der Waals surface area contributed by atoms with E-state index < -0.39 is 5.97 Å². The van der Waals surface area contributed by atoms with Crippen LogP contribution < -0.4 is 0 Å². The number of carboxylic acids is 1. The molecule has 0 rings (SSSR count). The Morgan fingerprint density at radius 3 is 2.30 bits per heavy atom. The van der Waals surface area contributed by atoms with Crippen molar-refractivity contribution in [3.05, 3.63) is 12.2 Å². The van der Waals surface area contributed by atoms with Crippen molar-refractivity contribution < 1.29 is 14.7 Å². The van der Waals surface area contributed by atoms with Gasteiger partial charge in [0.05, 0.1) is 6.42 Å². The molecule has 0 saturated carbocycles. The largest absolute Gasteiger partial charge is 0.481 e. The molecule has 0 aliphatic carbocycles. The van der Waals surface area contributed by atoms with E-state index in [0.717, 1.165) is 25.7 Å². The first kappa shape index (κ1) is 18.7. The Morgan fingerprint density at radius 2 is 1.80 bits per heavy atom. The number of carbonyl (C=O) groups excluding carboxylic acids is 1. The third-order valence-electron chi connectivity index (χ3n) is 3.50. The van der Waals surface area contributed by atoms with Crippen LogP contribution in [0, 0.1) is 5.92 Å². The lowest BCUT2D eigenvalue weighted by Gasteiger charge is -2.24. The van der Waals surface area contributed by atoms with Gasteiger partial charge in [0.25, 0.3) is 0 Å². The van der Waals surface area contributed by atoms with Gasteiger partial charge in [-0.3, -0.25) is 9.59 Å². The Morgan fingerprint density at radius 1 is 1.15 bits per heavy atom. The van der Waals surface area contributed by atoms with Gasteiger partial charge in [-0.1, -0.05) is 25.0 Å². The van der Waals surface area contributed by atoms with E-state index in [1.165, 1.54) is 0 Å². The highest BCUT2D eigenvalue weighted by Gasteiger charge is 2.24. The fraction of sp³-hybridized carbons (Fsp3) is 0.750. The van der Waals surface area contributed by atoms with E-state index in [4.69, 9.17) is 5.11 Å². The highest BCUT2D eigenvalue weighted by Crippen LogP contribution is 2.18. The topological polar surface area (TPSA) is 57.6 Å². The number of amides is 1. The molecule has 1 N–H and O–H groups in total. The first-order valence-corrected chi connectivity index (χ1v) is 7.68. The van der Waals surface area contributed by atoms with Crippen LogP contribution >= 0.6 is 0 Å². The van der Waals surface area contributed by atoms with Crippen molar-refractivity contribution in [2.24, 2.45) is 5.92 Å². The summed E-state index contributed by atoms with van der Waals surface area (Å²) >= 11 is 0. The second kappa shape index (κ2) is 11.5. The minimum atomic E-state index is -0.885. The Bertz CT molecular complexity index is 309. The van der Waals surface area contributed by atoms with Crippen LogP contribution in [0.5, 0.6) is 0 Å². The summed E-state index contributed by atoms with van der Waals surface area (Å²) in [5.74, 6) is -1.26. The van der Waals surface area contributed by atoms with Gasteiger partial charge in [-0.2, -0.15) is 0 Å². The molecule has 0 radical (unpaired) electrons. The first-order chi connectivity index (χ1) is 9.56. The van der Waals surface area contributed by atoms with Crippen LogP contribution in [0.25, 0.3) is 0 Å². The van der Waals surface area contributed by atoms with Gasteiger partial charge < -0.3 is 10.0 Å². The zero-order chi connectivity index (χ0) is 15.4. The molecule has 0 spiro atoms. The van der Waals surface area contributed by atoms with Gasteiger partial charge in [0.2, 0.25) is 5.91 Å². The van der Waals surface area contributed by atoms with Crippen molar-refractivity contribution in [3.63, 3.8) is 0 Å². The predicted octanol–water partition coefficient (Wildman–Crippen LogP) is 3.47. The highest BCUT2D eigenvalue weighted by atomic mass is 16.4. The molecular weight excluding hydrogens is 254 g/mol. The summed E-state index contributed by atoms with van der Waals surface area (Å²) < 4.78 is 0. The third kappa shape index (κ3) is 7.97. The maximum absolute atomic E-state index is 12.3. The number of rotatable bonds is 11. The Hall–Kier alpha value is -1.32. The van der Waals surface area contributed by atoms with Crippen LogP contribution in [0.3, 0.4) is 0 Å². The lowest BCUT2D eigenvalue weighted by molar-refractivity contribution is -0.144. The molecule has 0 heterocycles. The molecule has 20 heavy (non-hydrogen) atoms. The first-order valence-electron chi connectivity index (χ1n) is 7.68. The van der Waals surface area contributed by atoms with E-state index in [1.807, 2.05) is 26.8 Å². The average Bonchev–Trinajstić information content (AvgIpc) is 2.42. The molecule has 0 aromatic heterocycles. The lowest BCUT2D eigenvalue weighted by Crippen LogP contribution is -2.36. The molecule has 1 unspecified atom stereocenters. The number of aliphatic carboxylic acids is 1. The molecule has 1 atom stereocenters. The summed E-state index contributed by atoms with van der Waals surface area (Å²) in [6.45, 7) is 7.15. The van der Waals surface area contributed by atoms with Gasteiger partial charge in [0.1, 0.15) is 0 Å². The molecule has 0 fully saturated rings. The highest BCUT2D eigenvalue weighted by molar-refractivity contribution is 5.83. The van der Waals surface area contributed by atoms with Gasteiger partial charge in [-0.15, -0.1) is 0 Å². The molecule has 0 saturated heterocycles. The summed E-state index contributed by atoms with van der Waals surface area (Å²) in [7, 11) is 0. The number of unbranched alkanes of at least 4 members (excludes halogenated alkanes) is 3. The quantitative estimate of drug-likeness (QED) is 0.466. The van der Waals surface area contributed by atoms with Crippen molar-refractivity contribution in [1.82, 2.24) is 4.90 Å². The summed E-state index contributed by atoms with van der Waals surface area (Å²) in [6.07, 6.45) is 8.93. The van der Waals surface area contributed by atoms with Crippen LogP contribution in [0.15, 0.2) is 12.2 Å². The SMILES string of the molecule is C/C=C/CCCCCC(CC(=O)O)C(=O)N(CC)CC. The summed E-state index contributed by atoms with van der Waals surface area (Å²) in [4.78, 5) is 24.9. The van der Waals surface area contributed by atoms with Crippen molar-refractivity contribution >= 4 is 11.9 Å². The van der Waals surface area contributed by atoms with E-state index in [0.29, 0.717) is 19.5 Å². The van der Waals surface area contributed by atoms with Crippen LogP contribution in [0.4, 0.5) is 0 Å². The van der Waals surface area contributed by atoms with E-state index in [9.17, 15) is 9.59 Å².